The first-order chi connectivity index (χ1) is 28.7. The smallest absolute Gasteiger partial charge is 0.0541 e. The Kier molecular flexibility index (Phi) is 8.27. The summed E-state index contributed by atoms with van der Waals surface area (Å²) in [5.74, 6) is 0. The second-order valence-corrected chi connectivity index (χ2v) is 16.0. The van der Waals surface area contributed by atoms with Crippen molar-refractivity contribution in [3.05, 3.63) is 212 Å². The fourth-order valence-electron chi connectivity index (χ4n) is 8.79. The van der Waals surface area contributed by atoms with Gasteiger partial charge in [-0.15, -0.1) is 11.3 Å². The van der Waals surface area contributed by atoms with Gasteiger partial charge in [-0.1, -0.05) is 158 Å². The Morgan fingerprint density at radius 2 is 0.966 bits per heavy atom. The summed E-state index contributed by atoms with van der Waals surface area (Å²) in [5, 5.41) is 5.08. The predicted octanol–water partition coefficient (Wildman–Crippen LogP) is 15.6. The number of benzene rings is 9. The molecule has 2 nitrogen and oxygen atoms in total. The van der Waals surface area contributed by atoms with Gasteiger partial charge in [0.05, 0.1) is 11.0 Å². The summed E-state index contributed by atoms with van der Waals surface area (Å²) in [7, 11) is 2.21. The third-order valence-corrected chi connectivity index (χ3v) is 12.9. The molecule has 2 aromatic heterocycles. The second-order valence-electron chi connectivity index (χ2n) is 15.0. The van der Waals surface area contributed by atoms with Crippen LogP contribution in [-0.4, -0.2) is 11.6 Å². The third-order valence-electron chi connectivity index (χ3n) is 11.6. The minimum atomic E-state index is 1.15. The molecule has 11 aromatic rings. The summed E-state index contributed by atoms with van der Waals surface area (Å²) in [5.41, 5.74) is 15.6. The van der Waals surface area contributed by atoms with E-state index >= 15 is 0 Å². The number of nitrogens with zero attached hydrogens (tertiary/aromatic N) is 2. The number of rotatable bonds is 7. The van der Waals surface area contributed by atoms with Crippen LogP contribution in [0.1, 0.15) is 0 Å². The van der Waals surface area contributed by atoms with E-state index in [1.54, 1.807) is 0 Å². The molecule has 0 amide bonds. The molecule has 0 aliphatic heterocycles. The van der Waals surface area contributed by atoms with E-state index in [1.165, 1.54) is 92.2 Å². The number of para-hydroxylation sites is 3. The fraction of sp³-hybridized carbons (Fsp3) is 0.0182. The van der Waals surface area contributed by atoms with Gasteiger partial charge in [-0.05, 0) is 88.0 Å². The van der Waals surface area contributed by atoms with Crippen molar-refractivity contribution < 1.29 is 0 Å². The zero-order chi connectivity index (χ0) is 38.6. The lowest BCUT2D eigenvalue weighted by Crippen LogP contribution is -2.11. The average Bonchev–Trinajstić information content (AvgIpc) is 3.85. The molecule has 0 aliphatic carbocycles. The van der Waals surface area contributed by atoms with Crippen LogP contribution in [-0.2, 0) is 0 Å². The number of anilines is 2. The number of fused-ring (bicyclic) bond motifs is 6. The Balaban J connectivity index is 1.04. The molecule has 11 rings (SSSR count). The van der Waals surface area contributed by atoms with E-state index in [-0.39, 0.29) is 0 Å². The predicted molar refractivity (Wildman–Crippen MR) is 250 cm³/mol. The minimum absolute atomic E-state index is 1.15. The summed E-state index contributed by atoms with van der Waals surface area (Å²) >= 11 is 1.88. The highest BCUT2D eigenvalue weighted by Gasteiger charge is 2.20. The lowest BCUT2D eigenvalue weighted by Gasteiger charge is -2.25. The van der Waals surface area contributed by atoms with Crippen LogP contribution in [0.4, 0.5) is 11.4 Å². The summed E-state index contributed by atoms with van der Waals surface area (Å²) in [6.45, 7) is 0. The van der Waals surface area contributed by atoms with Crippen molar-refractivity contribution in [1.29, 1.82) is 0 Å². The van der Waals surface area contributed by atoms with Gasteiger partial charge < -0.3 is 9.47 Å². The van der Waals surface area contributed by atoms with E-state index in [2.05, 4.69) is 229 Å². The van der Waals surface area contributed by atoms with Crippen molar-refractivity contribution in [2.45, 2.75) is 0 Å². The normalized spacial score (nSPS) is 11.5. The minimum Gasteiger partial charge on any atom is -0.344 e. The van der Waals surface area contributed by atoms with Gasteiger partial charge >= 0.3 is 0 Å². The van der Waals surface area contributed by atoms with Crippen LogP contribution in [0.3, 0.4) is 0 Å². The standard InChI is InChI=1S/C55H38N2S/c1-56(42-35-48(55-50(36-42)47-24-12-15-27-54(47)58-55)39-30-28-38(29-31-39)37-16-4-2-5-17-37)51-25-13-10-22-45(51)44-21-9-8-20-43(44)40-32-33-53-49(34-40)46-23-11-14-26-52(46)57(53)41-18-6-3-7-19-41/h2-36H,1H3. The summed E-state index contributed by atoms with van der Waals surface area (Å²) in [6.07, 6.45) is 0. The van der Waals surface area contributed by atoms with Crippen LogP contribution in [0, 0.1) is 0 Å². The molecule has 0 unspecified atom stereocenters. The highest BCUT2D eigenvalue weighted by Crippen LogP contribution is 2.46. The Hall–Kier alpha value is -7.20. The molecule has 0 saturated carbocycles. The molecular weight excluding hydrogens is 721 g/mol. The van der Waals surface area contributed by atoms with Crippen LogP contribution < -0.4 is 4.90 Å². The maximum Gasteiger partial charge on any atom is 0.0541 e. The molecule has 3 heteroatoms. The van der Waals surface area contributed by atoms with Gasteiger partial charge in [0.2, 0.25) is 0 Å². The van der Waals surface area contributed by atoms with Crippen molar-refractivity contribution in [3.63, 3.8) is 0 Å². The third kappa shape index (κ3) is 5.71. The van der Waals surface area contributed by atoms with Gasteiger partial charge in [0, 0.05) is 66.2 Å². The van der Waals surface area contributed by atoms with Crippen molar-refractivity contribution in [1.82, 2.24) is 4.57 Å². The molecular formula is C55H38N2S. The molecule has 0 fully saturated rings. The van der Waals surface area contributed by atoms with Crippen molar-refractivity contribution in [2.24, 2.45) is 0 Å². The van der Waals surface area contributed by atoms with Gasteiger partial charge in [0.15, 0.2) is 0 Å². The molecule has 0 N–H and O–H groups in total. The topological polar surface area (TPSA) is 8.17 Å². The molecule has 0 spiro atoms. The van der Waals surface area contributed by atoms with E-state index in [0.717, 1.165) is 11.4 Å². The van der Waals surface area contributed by atoms with E-state index in [1.807, 2.05) is 11.3 Å². The molecule has 0 bridgehead atoms. The fourth-order valence-corrected chi connectivity index (χ4v) is 10.0. The second kappa shape index (κ2) is 14.1. The molecule has 0 aliphatic rings. The van der Waals surface area contributed by atoms with Crippen LogP contribution in [0.15, 0.2) is 212 Å². The molecule has 58 heavy (non-hydrogen) atoms. The molecule has 9 aromatic carbocycles. The SMILES string of the molecule is CN(c1cc(-c2ccc(-c3ccccc3)cc2)c2sc3ccccc3c2c1)c1ccccc1-c1ccccc1-c1ccc2c(c1)c1ccccc1n2-c1ccccc1. The van der Waals surface area contributed by atoms with Gasteiger partial charge in [-0.25, -0.2) is 0 Å². The Morgan fingerprint density at radius 1 is 0.379 bits per heavy atom. The number of hydrogen-bond donors (Lipinski definition) is 0. The van der Waals surface area contributed by atoms with Gasteiger partial charge in [0.1, 0.15) is 0 Å². The van der Waals surface area contributed by atoms with Crippen LogP contribution in [0.25, 0.3) is 92.2 Å². The lowest BCUT2D eigenvalue weighted by atomic mass is 9.92. The van der Waals surface area contributed by atoms with Crippen LogP contribution in [0.5, 0.6) is 0 Å². The number of aromatic nitrogens is 1. The summed E-state index contributed by atoms with van der Waals surface area (Å²) in [6, 6.07) is 77.4. The van der Waals surface area contributed by atoms with Gasteiger partial charge in [-0.3, -0.25) is 0 Å². The monoisotopic (exact) mass is 758 g/mol. The average molecular weight is 759 g/mol. The zero-order valence-electron chi connectivity index (χ0n) is 32.0. The Labute approximate surface area is 342 Å². The van der Waals surface area contributed by atoms with Gasteiger partial charge in [0.25, 0.3) is 0 Å². The Morgan fingerprint density at radius 3 is 1.78 bits per heavy atom. The highest BCUT2D eigenvalue weighted by atomic mass is 32.1. The van der Waals surface area contributed by atoms with E-state index in [9.17, 15) is 0 Å². The van der Waals surface area contributed by atoms with Gasteiger partial charge in [-0.2, -0.15) is 0 Å². The first kappa shape index (κ1) is 34.1. The molecule has 0 saturated heterocycles. The van der Waals surface area contributed by atoms with Crippen molar-refractivity contribution in [2.75, 3.05) is 11.9 Å². The maximum absolute atomic E-state index is 2.38. The number of hydrogen-bond acceptors (Lipinski definition) is 2. The zero-order valence-corrected chi connectivity index (χ0v) is 32.8. The first-order valence-electron chi connectivity index (χ1n) is 19.8. The van der Waals surface area contributed by atoms with E-state index in [0.29, 0.717) is 0 Å². The summed E-state index contributed by atoms with van der Waals surface area (Å²) in [4.78, 5) is 2.37. The van der Waals surface area contributed by atoms with Crippen molar-refractivity contribution >= 4 is 64.7 Å². The van der Waals surface area contributed by atoms with Crippen LogP contribution >= 0.6 is 11.3 Å². The van der Waals surface area contributed by atoms with E-state index < -0.39 is 0 Å². The quantitative estimate of drug-likeness (QED) is 0.157. The molecule has 0 atom stereocenters. The van der Waals surface area contributed by atoms with Crippen molar-refractivity contribution in [3.8, 4) is 50.2 Å². The maximum atomic E-state index is 2.38. The number of thiophene rings is 1. The molecule has 274 valence electrons. The largest absolute Gasteiger partial charge is 0.344 e. The lowest BCUT2D eigenvalue weighted by molar-refractivity contribution is 1.18. The van der Waals surface area contributed by atoms with E-state index in [4.69, 9.17) is 0 Å². The molecule has 2 heterocycles. The first-order valence-corrected chi connectivity index (χ1v) is 20.6. The Bertz CT molecular complexity index is 3280. The summed E-state index contributed by atoms with van der Waals surface area (Å²) < 4.78 is 5.00. The highest BCUT2D eigenvalue weighted by molar-refractivity contribution is 7.26. The van der Waals surface area contributed by atoms with Crippen LogP contribution in [0.2, 0.25) is 0 Å². The molecule has 0 radical (unpaired) electrons.